The van der Waals surface area contributed by atoms with Crippen LogP contribution < -0.4 is 10.6 Å². The van der Waals surface area contributed by atoms with Gasteiger partial charge in [-0.25, -0.2) is 9.78 Å². The molecule has 0 aliphatic carbocycles. The molecule has 132 valence electrons. The van der Waals surface area contributed by atoms with E-state index < -0.39 is 18.0 Å². The van der Waals surface area contributed by atoms with E-state index in [0.29, 0.717) is 11.3 Å². The van der Waals surface area contributed by atoms with Crippen molar-refractivity contribution in [2.75, 3.05) is 6.54 Å². The number of nitrogens with one attached hydrogen (secondary N) is 2. The topological polar surface area (TPSA) is 72.1 Å². The second-order valence-electron chi connectivity index (χ2n) is 5.26. The zero-order valence-electron chi connectivity index (χ0n) is 13.0. The first kappa shape index (κ1) is 16.9. The van der Waals surface area contributed by atoms with Gasteiger partial charge >= 0.3 is 12.2 Å². The molecule has 3 aromatic rings. The molecule has 9 heteroatoms. The first-order chi connectivity index (χ1) is 11.9. The fourth-order valence-corrected chi connectivity index (χ4v) is 2.44. The Kier molecular flexibility index (Phi) is 4.64. The van der Waals surface area contributed by atoms with Crippen LogP contribution in [0.2, 0.25) is 0 Å². The maximum Gasteiger partial charge on any atom is 0.449 e. The Morgan fingerprint density at radius 3 is 2.68 bits per heavy atom. The molecule has 0 bridgehead atoms. The third kappa shape index (κ3) is 3.93. The Labute approximate surface area is 140 Å². The minimum Gasteiger partial charge on any atom is -0.467 e. The molecule has 3 rings (SSSR count). The third-order valence-electron chi connectivity index (χ3n) is 3.53. The van der Waals surface area contributed by atoms with Crippen LogP contribution in [0.5, 0.6) is 0 Å². The van der Waals surface area contributed by atoms with Crippen LogP contribution in [0.25, 0.3) is 11.0 Å². The second-order valence-corrected chi connectivity index (χ2v) is 5.26. The molecule has 0 fully saturated rings. The second kappa shape index (κ2) is 6.88. The van der Waals surface area contributed by atoms with Gasteiger partial charge in [0.05, 0.1) is 23.8 Å². The lowest BCUT2D eigenvalue weighted by Gasteiger charge is -2.12. The van der Waals surface area contributed by atoms with E-state index in [9.17, 15) is 18.0 Å². The van der Waals surface area contributed by atoms with Crippen molar-refractivity contribution in [3.05, 3.63) is 54.2 Å². The van der Waals surface area contributed by atoms with Gasteiger partial charge in [-0.1, -0.05) is 12.1 Å². The number of hydrogen-bond donors (Lipinski definition) is 2. The number of benzene rings is 1. The van der Waals surface area contributed by atoms with Crippen molar-refractivity contribution in [1.29, 1.82) is 0 Å². The predicted molar refractivity (Wildman–Crippen MR) is 83.7 cm³/mol. The number of imidazole rings is 1. The van der Waals surface area contributed by atoms with Gasteiger partial charge in [0, 0.05) is 13.1 Å². The summed E-state index contributed by atoms with van der Waals surface area (Å²) in [4.78, 5) is 15.4. The highest BCUT2D eigenvalue weighted by Crippen LogP contribution is 2.31. The summed E-state index contributed by atoms with van der Waals surface area (Å²) in [7, 11) is 0. The normalized spacial score (nSPS) is 11.6. The Bertz CT molecular complexity index is 856. The quantitative estimate of drug-likeness (QED) is 0.741. The van der Waals surface area contributed by atoms with E-state index in [1.165, 1.54) is 12.3 Å². The molecule has 2 N–H and O–H groups in total. The largest absolute Gasteiger partial charge is 0.467 e. The minimum absolute atomic E-state index is 0.0213. The van der Waals surface area contributed by atoms with Gasteiger partial charge in [0.1, 0.15) is 5.76 Å². The first-order valence-electron chi connectivity index (χ1n) is 7.51. The van der Waals surface area contributed by atoms with Crippen molar-refractivity contribution in [1.82, 2.24) is 20.2 Å². The molecule has 0 saturated carbocycles. The van der Waals surface area contributed by atoms with Gasteiger partial charge in [-0.15, -0.1) is 0 Å². The number of urea groups is 1. The smallest absolute Gasteiger partial charge is 0.449 e. The average Bonchev–Trinajstić information content (AvgIpc) is 3.20. The number of carbonyl (C=O) groups is 1. The molecular weight excluding hydrogens is 337 g/mol. The van der Waals surface area contributed by atoms with Gasteiger partial charge in [0.15, 0.2) is 0 Å². The molecule has 0 aliphatic heterocycles. The number of nitrogens with zero attached hydrogens (tertiary/aromatic N) is 2. The van der Waals surface area contributed by atoms with E-state index in [2.05, 4.69) is 15.6 Å². The molecular formula is C16H15F3N4O2. The number of halogens is 3. The number of alkyl halides is 3. The fourth-order valence-electron chi connectivity index (χ4n) is 2.44. The molecule has 0 aliphatic rings. The highest BCUT2D eigenvalue weighted by atomic mass is 19.4. The van der Waals surface area contributed by atoms with Gasteiger partial charge in [-0.3, -0.25) is 0 Å². The molecule has 1 aromatic carbocycles. The average molecular weight is 352 g/mol. The zero-order chi connectivity index (χ0) is 17.9. The summed E-state index contributed by atoms with van der Waals surface area (Å²) in [6.45, 7) is 0.164. The van der Waals surface area contributed by atoms with Crippen molar-refractivity contribution in [2.45, 2.75) is 19.3 Å². The minimum atomic E-state index is -4.57. The number of amides is 2. The van der Waals surface area contributed by atoms with E-state index in [-0.39, 0.29) is 25.2 Å². The number of furan rings is 1. The monoisotopic (exact) mass is 352 g/mol. The highest BCUT2D eigenvalue weighted by molar-refractivity contribution is 5.76. The Balaban J connectivity index is 1.63. The van der Waals surface area contributed by atoms with Crippen LogP contribution in [0.1, 0.15) is 11.6 Å². The first-order valence-corrected chi connectivity index (χ1v) is 7.51. The van der Waals surface area contributed by atoms with E-state index in [0.717, 1.165) is 4.57 Å². The van der Waals surface area contributed by atoms with Gasteiger partial charge in [0.2, 0.25) is 5.82 Å². The van der Waals surface area contributed by atoms with Crippen LogP contribution in [0.3, 0.4) is 0 Å². The Hall–Kier alpha value is -2.97. The lowest BCUT2D eigenvalue weighted by atomic mass is 10.3. The number of rotatable bonds is 5. The highest BCUT2D eigenvalue weighted by Gasteiger charge is 2.37. The van der Waals surface area contributed by atoms with E-state index in [1.807, 2.05) is 0 Å². The molecule has 0 unspecified atom stereocenters. The molecule has 2 amide bonds. The van der Waals surface area contributed by atoms with Gasteiger partial charge in [-0.05, 0) is 24.3 Å². The summed E-state index contributed by atoms with van der Waals surface area (Å²) in [6.07, 6.45) is -3.09. The molecule has 2 heterocycles. The summed E-state index contributed by atoms with van der Waals surface area (Å²) >= 11 is 0. The van der Waals surface area contributed by atoms with Crippen LogP contribution in [0.15, 0.2) is 47.1 Å². The van der Waals surface area contributed by atoms with E-state index >= 15 is 0 Å². The van der Waals surface area contributed by atoms with Gasteiger partial charge in [-0.2, -0.15) is 13.2 Å². The predicted octanol–water partition coefficient (Wildman–Crippen LogP) is 3.15. The van der Waals surface area contributed by atoms with Crippen molar-refractivity contribution in [3.63, 3.8) is 0 Å². The number of aromatic nitrogens is 2. The molecule has 0 saturated heterocycles. The fraction of sp³-hybridized carbons (Fsp3) is 0.250. The maximum absolute atomic E-state index is 13.2. The molecule has 0 atom stereocenters. The van der Waals surface area contributed by atoms with E-state index in [4.69, 9.17) is 4.42 Å². The van der Waals surface area contributed by atoms with Crippen molar-refractivity contribution < 1.29 is 22.4 Å². The van der Waals surface area contributed by atoms with Crippen LogP contribution in [-0.4, -0.2) is 22.1 Å². The Morgan fingerprint density at radius 1 is 1.16 bits per heavy atom. The summed E-state index contributed by atoms with van der Waals surface area (Å²) in [5.41, 5.74) is 0.629. The Morgan fingerprint density at radius 2 is 1.96 bits per heavy atom. The number of carbonyl (C=O) groups excluding carboxylic acids is 1. The number of hydrogen-bond acceptors (Lipinski definition) is 3. The van der Waals surface area contributed by atoms with Crippen LogP contribution in [0.4, 0.5) is 18.0 Å². The number of para-hydroxylation sites is 2. The summed E-state index contributed by atoms with van der Waals surface area (Å²) in [6, 6.07) is 9.25. The van der Waals surface area contributed by atoms with Crippen LogP contribution in [0, 0.1) is 0 Å². The molecule has 25 heavy (non-hydrogen) atoms. The summed E-state index contributed by atoms with van der Waals surface area (Å²) < 4.78 is 45.6. The molecule has 0 spiro atoms. The van der Waals surface area contributed by atoms with Crippen molar-refractivity contribution in [2.24, 2.45) is 0 Å². The molecule has 6 nitrogen and oxygen atoms in total. The lowest BCUT2D eigenvalue weighted by molar-refractivity contribution is -0.146. The SMILES string of the molecule is O=C(NCCn1c(C(F)(F)F)nc2ccccc21)NCc1ccco1. The van der Waals surface area contributed by atoms with E-state index in [1.54, 1.807) is 30.3 Å². The van der Waals surface area contributed by atoms with Crippen molar-refractivity contribution in [3.8, 4) is 0 Å². The van der Waals surface area contributed by atoms with Crippen LogP contribution in [-0.2, 0) is 19.3 Å². The van der Waals surface area contributed by atoms with Gasteiger partial charge < -0.3 is 19.6 Å². The summed E-state index contributed by atoms with van der Waals surface area (Å²) in [5.74, 6) is -0.401. The maximum atomic E-state index is 13.2. The standard InChI is InChI=1S/C16H15F3N4O2/c17-16(18,19)14-22-12-5-1-2-6-13(12)23(14)8-7-20-15(24)21-10-11-4-3-9-25-11/h1-6,9H,7-8,10H2,(H2,20,21,24). The third-order valence-corrected chi connectivity index (χ3v) is 3.53. The van der Waals surface area contributed by atoms with Gasteiger partial charge in [0.25, 0.3) is 0 Å². The molecule has 2 aromatic heterocycles. The lowest BCUT2D eigenvalue weighted by Crippen LogP contribution is -2.37. The zero-order valence-corrected chi connectivity index (χ0v) is 13.0. The molecule has 0 radical (unpaired) electrons. The number of fused-ring (bicyclic) bond motifs is 1. The summed E-state index contributed by atoms with van der Waals surface area (Å²) in [5, 5.41) is 5.08. The van der Waals surface area contributed by atoms with Crippen LogP contribution >= 0.6 is 0 Å². The van der Waals surface area contributed by atoms with Crippen molar-refractivity contribution >= 4 is 17.1 Å².